The van der Waals surface area contributed by atoms with Crippen LogP contribution < -0.4 is 11.1 Å². The van der Waals surface area contributed by atoms with E-state index < -0.39 is 6.09 Å². The van der Waals surface area contributed by atoms with Gasteiger partial charge >= 0.3 is 6.09 Å². The van der Waals surface area contributed by atoms with Gasteiger partial charge in [-0.2, -0.15) is 0 Å². The minimum atomic E-state index is -0.438. The molecule has 6 nitrogen and oxygen atoms in total. The lowest BCUT2D eigenvalue weighted by Gasteiger charge is -2.28. The zero-order valence-corrected chi connectivity index (χ0v) is 18.4. The summed E-state index contributed by atoms with van der Waals surface area (Å²) >= 11 is 0. The highest BCUT2D eigenvalue weighted by Gasteiger charge is 2.31. The smallest absolute Gasteiger partial charge is 0.407 e. The molecule has 2 aromatic rings. The van der Waals surface area contributed by atoms with Crippen LogP contribution in [0.3, 0.4) is 0 Å². The summed E-state index contributed by atoms with van der Waals surface area (Å²) in [5, 5.41) is 2.80. The number of ether oxygens (including phenoxy) is 1. The summed E-state index contributed by atoms with van der Waals surface area (Å²) in [4.78, 5) is 26.8. The lowest BCUT2D eigenvalue weighted by Crippen LogP contribution is -2.36. The number of benzene rings is 2. The Labute approximate surface area is 189 Å². The standard InChI is InChI=1S/C24H29N3O3.ClH/c25-22-10-8-19(9-11-22)23(28)27-14-20-7-6-18(12-21(20)15-27)13-26-24(29)30-16-17-4-2-1-3-5-17;/h1-7,12,19,22H,8-11,13-16,25H2,(H,26,29);1H/t19-,22-;. The first-order valence-electron chi connectivity index (χ1n) is 10.7. The Hall–Kier alpha value is -2.57. The van der Waals surface area contributed by atoms with Crippen LogP contribution in [0.25, 0.3) is 0 Å². The first-order chi connectivity index (χ1) is 14.6. The SMILES string of the molecule is Cl.N[C@H]1CC[C@H](C(=O)N2Cc3ccc(CNC(=O)OCc4ccccc4)cc3C2)CC1. The van der Waals surface area contributed by atoms with Gasteiger partial charge < -0.3 is 20.7 Å². The summed E-state index contributed by atoms with van der Waals surface area (Å²) in [6.45, 7) is 1.96. The predicted octanol–water partition coefficient (Wildman–Crippen LogP) is 3.89. The Morgan fingerprint density at radius 2 is 1.68 bits per heavy atom. The molecule has 2 amide bonds. The topological polar surface area (TPSA) is 84.7 Å². The highest BCUT2D eigenvalue weighted by atomic mass is 35.5. The average Bonchev–Trinajstić information content (AvgIpc) is 3.20. The van der Waals surface area contributed by atoms with Crippen molar-refractivity contribution in [3.8, 4) is 0 Å². The molecule has 2 aromatic carbocycles. The van der Waals surface area contributed by atoms with E-state index in [4.69, 9.17) is 10.5 Å². The predicted molar refractivity (Wildman–Crippen MR) is 121 cm³/mol. The van der Waals surface area contributed by atoms with Crippen molar-refractivity contribution in [1.29, 1.82) is 0 Å². The molecule has 0 radical (unpaired) electrons. The Morgan fingerprint density at radius 3 is 2.42 bits per heavy atom. The summed E-state index contributed by atoms with van der Waals surface area (Å²) < 4.78 is 5.25. The number of amides is 2. The second-order valence-electron chi connectivity index (χ2n) is 8.32. The minimum absolute atomic E-state index is 0. The lowest BCUT2D eigenvalue weighted by atomic mass is 9.85. The molecule has 4 rings (SSSR count). The van der Waals surface area contributed by atoms with Crippen LogP contribution >= 0.6 is 12.4 Å². The van der Waals surface area contributed by atoms with E-state index in [0.29, 0.717) is 19.6 Å². The van der Waals surface area contributed by atoms with Crippen LogP contribution in [0.1, 0.15) is 47.9 Å². The Balaban J connectivity index is 0.00000272. The number of rotatable bonds is 5. The van der Waals surface area contributed by atoms with Crippen molar-refractivity contribution < 1.29 is 14.3 Å². The van der Waals surface area contributed by atoms with Crippen molar-refractivity contribution in [2.24, 2.45) is 11.7 Å². The maximum Gasteiger partial charge on any atom is 0.407 e. The van der Waals surface area contributed by atoms with Gasteiger partial charge in [0, 0.05) is 31.6 Å². The number of carbonyl (C=O) groups excluding carboxylic acids is 2. The molecule has 1 fully saturated rings. The molecular weight excluding hydrogens is 414 g/mol. The fourth-order valence-corrected chi connectivity index (χ4v) is 4.29. The summed E-state index contributed by atoms with van der Waals surface area (Å²) in [7, 11) is 0. The molecular formula is C24H30ClN3O3. The van der Waals surface area contributed by atoms with Crippen molar-refractivity contribution in [2.45, 2.75) is 58.0 Å². The van der Waals surface area contributed by atoms with Gasteiger partial charge in [-0.3, -0.25) is 4.79 Å². The Bertz CT molecular complexity index is 898. The molecule has 166 valence electrons. The molecule has 7 heteroatoms. The third kappa shape index (κ3) is 5.99. The Morgan fingerprint density at radius 1 is 0.968 bits per heavy atom. The van der Waals surface area contributed by atoms with Crippen molar-refractivity contribution >= 4 is 24.4 Å². The molecule has 0 atom stereocenters. The monoisotopic (exact) mass is 443 g/mol. The van der Waals surface area contributed by atoms with E-state index >= 15 is 0 Å². The molecule has 0 bridgehead atoms. The third-order valence-corrected chi connectivity index (χ3v) is 6.08. The van der Waals surface area contributed by atoms with Gasteiger partial charge in [0.15, 0.2) is 0 Å². The molecule has 1 heterocycles. The maximum absolute atomic E-state index is 12.9. The molecule has 0 unspecified atom stereocenters. The number of nitrogens with one attached hydrogen (secondary N) is 1. The molecule has 0 aromatic heterocycles. The van der Waals surface area contributed by atoms with Crippen molar-refractivity contribution in [1.82, 2.24) is 10.2 Å². The largest absolute Gasteiger partial charge is 0.445 e. The quantitative estimate of drug-likeness (QED) is 0.734. The fraction of sp³-hybridized carbons (Fsp3) is 0.417. The number of hydrogen-bond donors (Lipinski definition) is 2. The van der Waals surface area contributed by atoms with Gasteiger partial charge in [-0.05, 0) is 47.9 Å². The molecule has 0 saturated heterocycles. The van der Waals surface area contributed by atoms with Gasteiger partial charge in [0.2, 0.25) is 5.91 Å². The number of nitrogens with zero attached hydrogens (tertiary/aromatic N) is 1. The molecule has 2 aliphatic rings. The summed E-state index contributed by atoms with van der Waals surface area (Å²) in [6, 6.07) is 16.0. The number of carbonyl (C=O) groups is 2. The van der Waals surface area contributed by atoms with Gasteiger partial charge in [0.25, 0.3) is 0 Å². The minimum Gasteiger partial charge on any atom is -0.445 e. The summed E-state index contributed by atoms with van der Waals surface area (Å²) in [5.74, 6) is 0.363. The van der Waals surface area contributed by atoms with E-state index in [-0.39, 0.29) is 36.9 Å². The zero-order valence-electron chi connectivity index (χ0n) is 17.6. The number of hydrogen-bond acceptors (Lipinski definition) is 4. The van der Waals surface area contributed by atoms with Crippen LogP contribution in [0.2, 0.25) is 0 Å². The average molecular weight is 444 g/mol. The van der Waals surface area contributed by atoms with Crippen molar-refractivity contribution in [3.63, 3.8) is 0 Å². The van der Waals surface area contributed by atoms with Gasteiger partial charge in [-0.1, -0.05) is 48.5 Å². The number of fused-ring (bicyclic) bond motifs is 1. The number of alkyl carbamates (subject to hydrolysis) is 1. The summed E-state index contributed by atoms with van der Waals surface area (Å²) in [5.41, 5.74) is 10.3. The fourth-order valence-electron chi connectivity index (χ4n) is 4.29. The van der Waals surface area contributed by atoms with E-state index in [1.54, 1.807) is 0 Å². The van der Waals surface area contributed by atoms with Crippen LogP contribution in [0, 0.1) is 5.92 Å². The van der Waals surface area contributed by atoms with E-state index in [9.17, 15) is 9.59 Å². The van der Waals surface area contributed by atoms with Gasteiger partial charge in [-0.25, -0.2) is 4.79 Å². The van der Waals surface area contributed by atoms with Crippen molar-refractivity contribution in [3.05, 3.63) is 70.8 Å². The Kier molecular flexibility index (Phi) is 7.93. The van der Waals surface area contributed by atoms with Gasteiger partial charge in [-0.15, -0.1) is 12.4 Å². The normalized spacial score (nSPS) is 19.8. The zero-order chi connectivity index (χ0) is 20.9. The first-order valence-corrected chi connectivity index (χ1v) is 10.7. The molecule has 0 spiro atoms. The van der Waals surface area contributed by atoms with E-state index in [1.807, 2.05) is 41.3 Å². The second-order valence-corrected chi connectivity index (χ2v) is 8.32. The third-order valence-electron chi connectivity index (χ3n) is 6.08. The van der Waals surface area contributed by atoms with Gasteiger partial charge in [0.1, 0.15) is 6.61 Å². The van der Waals surface area contributed by atoms with Crippen LogP contribution in [0.5, 0.6) is 0 Å². The van der Waals surface area contributed by atoms with Crippen molar-refractivity contribution in [2.75, 3.05) is 0 Å². The van der Waals surface area contributed by atoms with E-state index in [1.165, 1.54) is 5.56 Å². The molecule has 31 heavy (non-hydrogen) atoms. The van der Waals surface area contributed by atoms with Crippen LogP contribution in [0.4, 0.5) is 4.79 Å². The van der Waals surface area contributed by atoms with E-state index in [0.717, 1.165) is 42.4 Å². The lowest BCUT2D eigenvalue weighted by molar-refractivity contribution is -0.137. The second kappa shape index (κ2) is 10.6. The number of halogens is 1. The molecule has 1 aliphatic carbocycles. The molecule has 1 saturated carbocycles. The van der Waals surface area contributed by atoms with Gasteiger partial charge in [0.05, 0.1) is 0 Å². The highest BCUT2D eigenvalue weighted by molar-refractivity contribution is 5.85. The molecule has 1 aliphatic heterocycles. The van der Waals surface area contributed by atoms with Crippen LogP contribution in [-0.4, -0.2) is 22.9 Å². The maximum atomic E-state index is 12.9. The van der Waals surface area contributed by atoms with Crippen LogP contribution in [-0.2, 0) is 35.8 Å². The summed E-state index contributed by atoms with van der Waals surface area (Å²) in [6.07, 6.45) is 3.23. The number of nitrogens with two attached hydrogens (primary N) is 1. The molecule has 3 N–H and O–H groups in total. The van der Waals surface area contributed by atoms with E-state index in [2.05, 4.69) is 17.4 Å². The first kappa shape index (κ1) is 23.1. The highest BCUT2D eigenvalue weighted by Crippen LogP contribution is 2.30. The van der Waals surface area contributed by atoms with Crippen LogP contribution in [0.15, 0.2) is 48.5 Å².